The van der Waals surface area contributed by atoms with E-state index in [1.54, 1.807) is 6.07 Å². The average molecular weight is 303 g/mol. The van der Waals surface area contributed by atoms with E-state index in [2.05, 4.69) is 14.9 Å². The lowest BCUT2D eigenvalue weighted by molar-refractivity contribution is 0.407. The van der Waals surface area contributed by atoms with E-state index in [0.717, 1.165) is 31.6 Å². The predicted molar refractivity (Wildman–Crippen MR) is 77.9 cm³/mol. The van der Waals surface area contributed by atoms with E-state index in [1.807, 2.05) is 19.4 Å². The molecule has 5 nitrogen and oxygen atoms in total. The zero-order valence-electron chi connectivity index (χ0n) is 11.3. The maximum atomic E-state index is 12.2. The molecule has 1 aromatic heterocycles. The molecule has 0 saturated carbocycles. The van der Waals surface area contributed by atoms with E-state index in [4.69, 9.17) is 0 Å². The second kappa shape index (κ2) is 6.32. The molecule has 7 heteroatoms. The summed E-state index contributed by atoms with van der Waals surface area (Å²) in [5, 5.41) is 5.09. The molecule has 1 aliphatic heterocycles. The predicted octanol–water partition coefficient (Wildman–Crippen LogP) is 0.840. The molecule has 0 aromatic carbocycles. The summed E-state index contributed by atoms with van der Waals surface area (Å²) in [7, 11) is -1.35. The summed E-state index contributed by atoms with van der Waals surface area (Å²) in [6.07, 6.45) is 0.880. The van der Waals surface area contributed by atoms with Crippen molar-refractivity contribution in [1.29, 1.82) is 0 Å². The molecule has 1 unspecified atom stereocenters. The molecular formula is C12H21N3O2S2. The fourth-order valence-electron chi connectivity index (χ4n) is 2.16. The van der Waals surface area contributed by atoms with Gasteiger partial charge in [0, 0.05) is 19.1 Å². The number of rotatable bonds is 6. The van der Waals surface area contributed by atoms with E-state index in [-0.39, 0.29) is 6.04 Å². The zero-order valence-corrected chi connectivity index (χ0v) is 13.0. The van der Waals surface area contributed by atoms with Crippen molar-refractivity contribution in [3.8, 4) is 0 Å². The van der Waals surface area contributed by atoms with Crippen LogP contribution in [0.5, 0.6) is 0 Å². The summed E-state index contributed by atoms with van der Waals surface area (Å²) >= 11 is 1.29. The van der Waals surface area contributed by atoms with Crippen LogP contribution in [0, 0.1) is 0 Å². The van der Waals surface area contributed by atoms with Crippen LogP contribution in [0.15, 0.2) is 15.7 Å². The van der Waals surface area contributed by atoms with Gasteiger partial charge in [0.05, 0.1) is 0 Å². The van der Waals surface area contributed by atoms with Gasteiger partial charge in [-0.3, -0.25) is 0 Å². The number of hydrogen-bond donors (Lipinski definition) is 2. The van der Waals surface area contributed by atoms with E-state index in [0.29, 0.717) is 10.8 Å². The van der Waals surface area contributed by atoms with Gasteiger partial charge >= 0.3 is 0 Å². The van der Waals surface area contributed by atoms with Gasteiger partial charge in [-0.25, -0.2) is 13.1 Å². The van der Waals surface area contributed by atoms with Gasteiger partial charge in [0.25, 0.3) is 0 Å². The Morgan fingerprint density at radius 3 is 2.95 bits per heavy atom. The van der Waals surface area contributed by atoms with Crippen molar-refractivity contribution in [2.24, 2.45) is 0 Å². The number of sulfonamides is 1. The van der Waals surface area contributed by atoms with Crippen molar-refractivity contribution in [2.75, 3.05) is 26.7 Å². The van der Waals surface area contributed by atoms with Crippen LogP contribution >= 0.6 is 11.3 Å². The van der Waals surface area contributed by atoms with Gasteiger partial charge in [0.1, 0.15) is 4.21 Å². The Hall–Kier alpha value is -0.470. The largest absolute Gasteiger partial charge is 0.313 e. The van der Waals surface area contributed by atoms with Crippen molar-refractivity contribution in [3.05, 3.63) is 17.0 Å². The normalized spacial score (nSPS) is 21.1. The average Bonchev–Trinajstić information content (AvgIpc) is 2.95. The lowest BCUT2D eigenvalue weighted by atomic mass is 10.3. The molecule has 0 aliphatic carbocycles. The maximum absolute atomic E-state index is 12.2. The van der Waals surface area contributed by atoms with Gasteiger partial charge in [-0.2, -0.15) is 0 Å². The molecule has 2 N–H and O–H groups in total. The third-order valence-electron chi connectivity index (χ3n) is 3.19. The summed E-state index contributed by atoms with van der Waals surface area (Å²) in [4.78, 5) is 2.14. The van der Waals surface area contributed by atoms with E-state index in [1.165, 1.54) is 11.3 Å². The molecule has 0 amide bonds. The van der Waals surface area contributed by atoms with Crippen LogP contribution in [0.1, 0.15) is 18.9 Å². The molecule has 1 saturated heterocycles. The summed E-state index contributed by atoms with van der Waals surface area (Å²) in [6, 6.07) is 1.79. The van der Waals surface area contributed by atoms with Crippen LogP contribution in [0.25, 0.3) is 0 Å². The number of thiophene rings is 1. The Morgan fingerprint density at radius 2 is 2.32 bits per heavy atom. The first-order valence-corrected chi connectivity index (χ1v) is 8.86. The topological polar surface area (TPSA) is 61.4 Å². The van der Waals surface area contributed by atoms with Crippen molar-refractivity contribution >= 4 is 21.4 Å². The molecule has 1 aromatic rings. The molecule has 2 heterocycles. The highest BCUT2D eigenvalue weighted by atomic mass is 32.2. The van der Waals surface area contributed by atoms with Crippen LogP contribution in [0.2, 0.25) is 0 Å². The molecule has 1 aliphatic rings. The minimum Gasteiger partial charge on any atom is -0.313 e. The first-order valence-electron chi connectivity index (χ1n) is 6.50. The Labute approximate surface area is 119 Å². The highest BCUT2D eigenvalue weighted by molar-refractivity contribution is 7.91. The van der Waals surface area contributed by atoms with Gasteiger partial charge < -0.3 is 10.2 Å². The van der Waals surface area contributed by atoms with Gasteiger partial charge in [-0.15, -0.1) is 11.3 Å². The van der Waals surface area contributed by atoms with Gasteiger partial charge in [-0.05, 0) is 43.6 Å². The van der Waals surface area contributed by atoms with Crippen molar-refractivity contribution in [3.63, 3.8) is 0 Å². The molecular weight excluding hydrogens is 282 g/mol. The van der Waals surface area contributed by atoms with Gasteiger partial charge in [0.2, 0.25) is 10.0 Å². The van der Waals surface area contributed by atoms with E-state index >= 15 is 0 Å². The number of likely N-dealkylation sites (tertiary alicyclic amines) is 1. The zero-order chi connectivity index (χ0) is 13.9. The fraction of sp³-hybridized carbons (Fsp3) is 0.667. The van der Waals surface area contributed by atoms with Crippen LogP contribution in [-0.2, 0) is 16.6 Å². The minimum atomic E-state index is -3.36. The second-order valence-corrected chi connectivity index (χ2v) is 7.78. The molecule has 0 radical (unpaired) electrons. The first-order chi connectivity index (χ1) is 9.01. The molecule has 0 bridgehead atoms. The third kappa shape index (κ3) is 4.00. The van der Waals surface area contributed by atoms with Gasteiger partial charge in [0.15, 0.2) is 0 Å². The smallest absolute Gasteiger partial charge is 0.250 e. The first kappa shape index (κ1) is 14.9. The van der Waals surface area contributed by atoms with Crippen molar-refractivity contribution < 1.29 is 8.42 Å². The van der Waals surface area contributed by atoms with Crippen molar-refractivity contribution in [2.45, 2.75) is 30.1 Å². The second-order valence-electron chi connectivity index (χ2n) is 4.92. The third-order valence-corrected chi connectivity index (χ3v) is 6.20. The highest BCUT2D eigenvalue weighted by Gasteiger charge is 2.26. The highest BCUT2D eigenvalue weighted by Crippen LogP contribution is 2.21. The number of nitrogens with one attached hydrogen (secondary N) is 2. The van der Waals surface area contributed by atoms with Crippen molar-refractivity contribution in [1.82, 2.24) is 14.9 Å². The Morgan fingerprint density at radius 1 is 1.53 bits per heavy atom. The molecule has 19 heavy (non-hydrogen) atoms. The van der Waals surface area contributed by atoms with Crippen LogP contribution in [0.3, 0.4) is 0 Å². The summed E-state index contributed by atoms with van der Waals surface area (Å²) in [5.74, 6) is 0. The number of likely N-dealkylation sites (N-methyl/N-ethyl adjacent to an activating group) is 1. The summed E-state index contributed by atoms with van der Waals surface area (Å²) < 4.78 is 27.7. The molecule has 1 fully saturated rings. The van der Waals surface area contributed by atoms with E-state index in [9.17, 15) is 8.42 Å². The summed E-state index contributed by atoms with van der Waals surface area (Å²) in [6.45, 7) is 5.36. The van der Waals surface area contributed by atoms with Gasteiger partial charge in [-0.1, -0.05) is 6.92 Å². The summed E-state index contributed by atoms with van der Waals surface area (Å²) in [5.41, 5.74) is 1.02. The maximum Gasteiger partial charge on any atom is 0.250 e. The van der Waals surface area contributed by atoms with Crippen LogP contribution < -0.4 is 10.0 Å². The quantitative estimate of drug-likeness (QED) is 0.817. The Kier molecular flexibility index (Phi) is 4.97. The Bertz CT molecular complexity index is 513. The lowest BCUT2D eigenvalue weighted by Crippen LogP contribution is -2.36. The number of hydrogen-bond acceptors (Lipinski definition) is 5. The fourth-order valence-corrected chi connectivity index (χ4v) is 4.65. The minimum absolute atomic E-state index is 0.0364. The monoisotopic (exact) mass is 303 g/mol. The molecule has 2 rings (SSSR count). The number of nitrogens with zero attached hydrogens (tertiary/aromatic N) is 1. The lowest BCUT2D eigenvalue weighted by Gasteiger charge is -2.12. The van der Waals surface area contributed by atoms with Crippen LogP contribution in [-0.4, -0.2) is 46.0 Å². The molecule has 1 atom stereocenters. The van der Waals surface area contributed by atoms with E-state index < -0.39 is 10.0 Å². The SMILES string of the molecule is CCNCc1csc(S(=O)(=O)NC2CCN(C)C2)c1. The molecule has 108 valence electrons. The standard InChI is InChI=1S/C12H21N3O2S2/c1-3-13-7-10-6-12(18-9-10)19(16,17)14-11-4-5-15(2)8-11/h6,9,11,13-14H,3-5,7-8H2,1-2H3. The van der Waals surface area contributed by atoms with Crippen LogP contribution in [0.4, 0.5) is 0 Å². The Balaban J connectivity index is 2.00. The molecule has 0 spiro atoms.